The minimum absolute atomic E-state index is 0.000460. The number of amides is 1. The molecule has 0 spiro atoms. The van der Waals surface area contributed by atoms with Crippen LogP contribution in [0.15, 0.2) is 29.3 Å². The number of carbonyl (C=O) groups excluding carboxylic acids is 1. The molecule has 1 aromatic rings. The number of nitrogens with zero attached hydrogens (tertiary/aromatic N) is 2. The second-order valence-corrected chi connectivity index (χ2v) is 4.23. The number of hydrogen-bond acceptors (Lipinski definition) is 3. The van der Waals surface area contributed by atoms with Crippen LogP contribution in [0.5, 0.6) is 0 Å². The number of hydrogen-bond donors (Lipinski definition) is 1. The highest BCUT2D eigenvalue weighted by molar-refractivity contribution is 6.04. The Kier molecular flexibility index (Phi) is 2.04. The first-order valence-corrected chi connectivity index (χ1v) is 5.48. The summed E-state index contributed by atoms with van der Waals surface area (Å²) in [4.78, 5) is 18.1. The Bertz CT molecular complexity index is 481. The summed E-state index contributed by atoms with van der Waals surface area (Å²) in [6, 6.07) is 7.56. The number of aliphatic imine (C=N–C) groups is 1. The van der Waals surface area contributed by atoms with Crippen LogP contribution in [0.3, 0.4) is 0 Å². The zero-order chi connectivity index (χ0) is 11.1. The van der Waals surface area contributed by atoms with Gasteiger partial charge in [-0.15, -0.1) is 0 Å². The summed E-state index contributed by atoms with van der Waals surface area (Å²) < 4.78 is 0. The summed E-state index contributed by atoms with van der Waals surface area (Å²) >= 11 is 0. The van der Waals surface area contributed by atoms with E-state index in [0.717, 1.165) is 23.5 Å². The van der Waals surface area contributed by atoms with Gasteiger partial charge in [-0.1, -0.05) is 18.2 Å². The number of fused-ring (bicyclic) bond motifs is 2. The highest BCUT2D eigenvalue weighted by Crippen LogP contribution is 2.29. The van der Waals surface area contributed by atoms with Crippen molar-refractivity contribution in [2.75, 3.05) is 0 Å². The second kappa shape index (κ2) is 3.42. The van der Waals surface area contributed by atoms with Gasteiger partial charge in [0.1, 0.15) is 5.84 Å². The summed E-state index contributed by atoms with van der Waals surface area (Å²) in [5.41, 5.74) is 7.83. The lowest BCUT2D eigenvalue weighted by atomic mass is 10.0. The lowest BCUT2D eigenvalue weighted by molar-refractivity contribution is -0.130. The fraction of sp³-hybridized carbons (Fsp3) is 0.333. The predicted octanol–water partition coefficient (Wildman–Crippen LogP) is 1.18. The van der Waals surface area contributed by atoms with E-state index in [-0.39, 0.29) is 11.9 Å². The molecule has 4 heteroatoms. The standard InChI is InChI=1S/C12H13N3O/c13-9-5-6-11-14-10-4-2-1-3-8(10)7-15(11)12(9)16/h1-4,9H,5-7,13H2/t9-/m0/s1. The molecular weight excluding hydrogens is 202 g/mol. The van der Waals surface area contributed by atoms with E-state index in [2.05, 4.69) is 4.99 Å². The quantitative estimate of drug-likeness (QED) is 0.706. The molecule has 2 N–H and O–H groups in total. The molecule has 0 aliphatic carbocycles. The number of benzene rings is 1. The van der Waals surface area contributed by atoms with Crippen LogP contribution in [0.25, 0.3) is 0 Å². The van der Waals surface area contributed by atoms with Crippen LogP contribution in [0.2, 0.25) is 0 Å². The normalized spacial score (nSPS) is 23.6. The summed E-state index contributed by atoms with van der Waals surface area (Å²) in [6.45, 7) is 0.613. The number of piperidine rings is 1. The van der Waals surface area contributed by atoms with Gasteiger partial charge < -0.3 is 5.73 Å². The Balaban J connectivity index is 2.03. The Morgan fingerprint density at radius 1 is 1.38 bits per heavy atom. The number of carbonyl (C=O) groups is 1. The zero-order valence-corrected chi connectivity index (χ0v) is 8.89. The summed E-state index contributed by atoms with van der Waals surface area (Å²) in [6.07, 6.45) is 1.50. The molecule has 1 aromatic carbocycles. The molecule has 3 rings (SSSR count). The smallest absolute Gasteiger partial charge is 0.245 e. The molecule has 0 unspecified atom stereocenters. The minimum atomic E-state index is -0.357. The topological polar surface area (TPSA) is 58.7 Å². The average Bonchev–Trinajstić information content (AvgIpc) is 2.32. The van der Waals surface area contributed by atoms with Gasteiger partial charge in [-0.2, -0.15) is 0 Å². The third-order valence-electron chi connectivity index (χ3n) is 3.14. The first kappa shape index (κ1) is 9.54. The zero-order valence-electron chi connectivity index (χ0n) is 8.89. The first-order chi connectivity index (χ1) is 7.75. The van der Waals surface area contributed by atoms with Gasteiger partial charge in [0.25, 0.3) is 0 Å². The van der Waals surface area contributed by atoms with Crippen LogP contribution in [0, 0.1) is 0 Å². The predicted molar refractivity (Wildman–Crippen MR) is 61.3 cm³/mol. The lowest BCUT2D eigenvalue weighted by Gasteiger charge is -2.34. The SMILES string of the molecule is N[C@H]1CCC2=Nc3ccccc3CN2C1=O. The molecule has 1 amide bonds. The molecule has 1 saturated heterocycles. The summed E-state index contributed by atoms with van der Waals surface area (Å²) in [5.74, 6) is 0.866. The van der Waals surface area contributed by atoms with Crippen molar-refractivity contribution in [3.05, 3.63) is 29.8 Å². The van der Waals surface area contributed by atoms with Crippen LogP contribution in [0.1, 0.15) is 18.4 Å². The van der Waals surface area contributed by atoms with Crippen LogP contribution >= 0.6 is 0 Å². The van der Waals surface area contributed by atoms with E-state index in [0.29, 0.717) is 13.0 Å². The van der Waals surface area contributed by atoms with E-state index >= 15 is 0 Å². The molecule has 0 aromatic heterocycles. The van der Waals surface area contributed by atoms with E-state index in [9.17, 15) is 4.79 Å². The first-order valence-electron chi connectivity index (χ1n) is 5.48. The molecule has 4 nitrogen and oxygen atoms in total. The fourth-order valence-corrected chi connectivity index (χ4v) is 2.22. The molecule has 1 fully saturated rings. The van der Waals surface area contributed by atoms with Crippen molar-refractivity contribution in [3.8, 4) is 0 Å². The van der Waals surface area contributed by atoms with Gasteiger partial charge in [0.2, 0.25) is 5.91 Å². The van der Waals surface area contributed by atoms with Crippen LogP contribution < -0.4 is 5.73 Å². The molecule has 0 radical (unpaired) electrons. The van der Waals surface area contributed by atoms with Crippen molar-refractivity contribution >= 4 is 17.4 Å². The Morgan fingerprint density at radius 2 is 2.19 bits per heavy atom. The third-order valence-corrected chi connectivity index (χ3v) is 3.14. The van der Waals surface area contributed by atoms with Crippen molar-refractivity contribution in [2.45, 2.75) is 25.4 Å². The maximum atomic E-state index is 11.9. The molecule has 0 bridgehead atoms. The van der Waals surface area contributed by atoms with Gasteiger partial charge in [0, 0.05) is 6.42 Å². The molecule has 2 heterocycles. The highest BCUT2D eigenvalue weighted by Gasteiger charge is 2.32. The number of nitrogens with two attached hydrogens (primary N) is 1. The van der Waals surface area contributed by atoms with Gasteiger partial charge in [0.15, 0.2) is 0 Å². The molecule has 82 valence electrons. The largest absolute Gasteiger partial charge is 0.320 e. The van der Waals surface area contributed by atoms with Gasteiger partial charge >= 0.3 is 0 Å². The van der Waals surface area contributed by atoms with E-state index in [4.69, 9.17) is 5.73 Å². The van der Waals surface area contributed by atoms with Crippen LogP contribution in [-0.2, 0) is 11.3 Å². The molecule has 2 aliphatic rings. The molecule has 16 heavy (non-hydrogen) atoms. The minimum Gasteiger partial charge on any atom is -0.320 e. The Hall–Kier alpha value is -1.68. The summed E-state index contributed by atoms with van der Waals surface area (Å²) in [5, 5.41) is 0. The fourth-order valence-electron chi connectivity index (χ4n) is 2.22. The Morgan fingerprint density at radius 3 is 3.06 bits per heavy atom. The van der Waals surface area contributed by atoms with E-state index < -0.39 is 0 Å². The van der Waals surface area contributed by atoms with Crippen molar-refractivity contribution in [2.24, 2.45) is 10.7 Å². The monoisotopic (exact) mass is 215 g/mol. The number of rotatable bonds is 0. The van der Waals surface area contributed by atoms with Crippen molar-refractivity contribution in [3.63, 3.8) is 0 Å². The van der Waals surface area contributed by atoms with E-state index in [1.165, 1.54) is 0 Å². The second-order valence-electron chi connectivity index (χ2n) is 4.23. The third kappa shape index (κ3) is 1.34. The lowest BCUT2D eigenvalue weighted by Crippen LogP contribution is -2.51. The number of amidine groups is 1. The van der Waals surface area contributed by atoms with E-state index in [1.807, 2.05) is 24.3 Å². The molecule has 2 aliphatic heterocycles. The maximum Gasteiger partial charge on any atom is 0.245 e. The Labute approximate surface area is 93.8 Å². The van der Waals surface area contributed by atoms with Crippen molar-refractivity contribution in [1.82, 2.24) is 4.90 Å². The van der Waals surface area contributed by atoms with Crippen molar-refractivity contribution in [1.29, 1.82) is 0 Å². The molecule has 1 atom stereocenters. The maximum absolute atomic E-state index is 11.9. The van der Waals surface area contributed by atoms with Gasteiger partial charge in [0.05, 0.1) is 18.3 Å². The number of para-hydroxylation sites is 1. The summed E-state index contributed by atoms with van der Waals surface area (Å²) in [7, 11) is 0. The molecular formula is C12H13N3O. The highest BCUT2D eigenvalue weighted by atomic mass is 16.2. The van der Waals surface area contributed by atoms with Gasteiger partial charge in [-0.05, 0) is 18.1 Å². The van der Waals surface area contributed by atoms with Crippen LogP contribution in [-0.4, -0.2) is 22.7 Å². The molecule has 0 saturated carbocycles. The van der Waals surface area contributed by atoms with E-state index in [1.54, 1.807) is 4.90 Å². The van der Waals surface area contributed by atoms with Gasteiger partial charge in [-0.3, -0.25) is 9.69 Å². The van der Waals surface area contributed by atoms with Crippen molar-refractivity contribution < 1.29 is 4.79 Å². The van der Waals surface area contributed by atoms with Gasteiger partial charge in [-0.25, -0.2) is 4.99 Å². The van der Waals surface area contributed by atoms with Crippen LogP contribution in [0.4, 0.5) is 5.69 Å². The average molecular weight is 215 g/mol.